The molecule has 4 amide bonds. The summed E-state index contributed by atoms with van der Waals surface area (Å²) < 4.78 is 0. The van der Waals surface area contributed by atoms with Crippen LogP contribution >= 0.6 is 11.6 Å². The number of anilines is 2. The molecule has 39 heavy (non-hydrogen) atoms. The lowest BCUT2D eigenvalue weighted by Crippen LogP contribution is -2.58. The maximum absolute atomic E-state index is 13.3. The van der Waals surface area contributed by atoms with Gasteiger partial charge in [-0.3, -0.25) is 24.2 Å². The number of carbonyl (C=O) groups is 4. The molecule has 208 valence electrons. The minimum Gasteiger partial charge on any atom is -0.371 e. The highest BCUT2D eigenvalue weighted by molar-refractivity contribution is 6.39. The van der Waals surface area contributed by atoms with Crippen molar-refractivity contribution < 1.29 is 19.2 Å². The summed E-state index contributed by atoms with van der Waals surface area (Å²) in [5, 5.41) is 8.73. The van der Waals surface area contributed by atoms with Crippen LogP contribution in [0.25, 0.3) is 0 Å². The molecular weight excluding hydrogens is 522 g/mol. The number of carbonyl (C=O) groups excluding carboxylic acids is 4. The van der Waals surface area contributed by atoms with Gasteiger partial charge in [-0.05, 0) is 56.4 Å². The van der Waals surface area contributed by atoms with Crippen molar-refractivity contribution in [3.63, 3.8) is 0 Å². The number of hydrogen-bond donors (Lipinski definition) is 3. The maximum atomic E-state index is 13.3. The van der Waals surface area contributed by atoms with Crippen LogP contribution in [0.15, 0.2) is 42.9 Å². The normalized spacial score (nSPS) is 21.5. The molecule has 2 fully saturated rings. The van der Waals surface area contributed by atoms with E-state index < -0.39 is 23.9 Å². The monoisotopic (exact) mass is 555 g/mol. The molecule has 2 aromatic rings. The Hall–Kier alpha value is -3.73. The average Bonchev–Trinajstić information content (AvgIpc) is 2.95. The Labute approximate surface area is 232 Å². The highest BCUT2D eigenvalue weighted by Crippen LogP contribution is 2.28. The molecule has 0 unspecified atom stereocenters. The van der Waals surface area contributed by atoms with Crippen molar-refractivity contribution >= 4 is 46.7 Å². The van der Waals surface area contributed by atoms with E-state index in [1.165, 1.54) is 12.3 Å². The van der Waals surface area contributed by atoms with Crippen LogP contribution < -0.4 is 20.9 Å². The zero-order valence-electron chi connectivity index (χ0n) is 22.1. The fourth-order valence-electron chi connectivity index (χ4n) is 5.20. The summed E-state index contributed by atoms with van der Waals surface area (Å²) in [6.45, 7) is 1.49. The summed E-state index contributed by atoms with van der Waals surface area (Å²) >= 11 is 5.82. The number of nitrogens with zero attached hydrogens (tertiary/aromatic N) is 4. The zero-order valence-corrected chi connectivity index (χ0v) is 22.9. The smallest absolute Gasteiger partial charge is 0.314 e. The van der Waals surface area contributed by atoms with Gasteiger partial charge in [0.05, 0.1) is 5.02 Å². The van der Waals surface area contributed by atoms with E-state index in [2.05, 4.69) is 30.8 Å². The third kappa shape index (κ3) is 7.44. The highest BCUT2D eigenvalue weighted by Gasteiger charge is 2.38. The summed E-state index contributed by atoms with van der Waals surface area (Å²) in [7, 11) is 3.41. The first kappa shape index (κ1) is 28.3. The lowest BCUT2D eigenvalue weighted by molar-refractivity contribution is -0.138. The number of amides is 4. The van der Waals surface area contributed by atoms with Crippen LogP contribution in [-0.2, 0) is 19.2 Å². The molecule has 0 bridgehead atoms. The summed E-state index contributed by atoms with van der Waals surface area (Å²) in [6, 6.07) is 5.98. The second kappa shape index (κ2) is 12.9. The van der Waals surface area contributed by atoms with E-state index in [1.807, 2.05) is 12.1 Å². The summed E-state index contributed by atoms with van der Waals surface area (Å²) in [6.07, 6.45) is 7.62. The van der Waals surface area contributed by atoms with Crippen molar-refractivity contribution in [3.8, 4) is 0 Å². The molecule has 2 aliphatic rings. The molecular formula is C27H34ClN7O4. The van der Waals surface area contributed by atoms with Gasteiger partial charge in [-0.1, -0.05) is 11.6 Å². The minimum absolute atomic E-state index is 0.0174. The van der Waals surface area contributed by atoms with E-state index >= 15 is 0 Å². The van der Waals surface area contributed by atoms with E-state index in [4.69, 9.17) is 11.6 Å². The van der Waals surface area contributed by atoms with E-state index in [-0.39, 0.29) is 29.5 Å². The molecule has 0 radical (unpaired) electrons. The largest absolute Gasteiger partial charge is 0.371 e. The predicted molar refractivity (Wildman–Crippen MR) is 147 cm³/mol. The van der Waals surface area contributed by atoms with Crippen LogP contribution in [0.3, 0.4) is 0 Å². The molecule has 1 aliphatic carbocycles. The molecule has 3 N–H and O–H groups in total. The molecule has 3 heterocycles. The van der Waals surface area contributed by atoms with Crippen LogP contribution in [0, 0.1) is 11.8 Å². The van der Waals surface area contributed by atoms with Crippen molar-refractivity contribution in [2.24, 2.45) is 11.8 Å². The summed E-state index contributed by atoms with van der Waals surface area (Å²) in [5.74, 6) is -2.08. The Kier molecular flexibility index (Phi) is 9.34. The number of piperidine rings is 1. The van der Waals surface area contributed by atoms with Crippen LogP contribution in [0.2, 0.25) is 5.02 Å². The third-order valence-corrected chi connectivity index (χ3v) is 7.58. The van der Waals surface area contributed by atoms with Gasteiger partial charge in [-0.15, -0.1) is 0 Å². The van der Waals surface area contributed by atoms with Crippen molar-refractivity contribution in [2.45, 2.75) is 44.2 Å². The number of rotatable bonds is 6. The SMILES string of the molecule is CN(C)C(=O)[C@H]1CC[C@H](NC(=O)C(=O)Nc2ccc(Cl)cn2)[C@H](NC(=O)C2CCN(c3ccncc3)CC2)C1. The Morgan fingerprint density at radius 3 is 2.26 bits per heavy atom. The topological polar surface area (TPSA) is 137 Å². The lowest BCUT2D eigenvalue weighted by atomic mass is 9.81. The number of aromatic nitrogens is 2. The summed E-state index contributed by atoms with van der Waals surface area (Å²) in [5.41, 5.74) is 1.08. The van der Waals surface area contributed by atoms with Crippen LogP contribution in [0.5, 0.6) is 0 Å². The second-order valence-corrected chi connectivity index (χ2v) is 10.7. The highest BCUT2D eigenvalue weighted by atomic mass is 35.5. The number of pyridine rings is 2. The molecule has 0 spiro atoms. The first-order valence-corrected chi connectivity index (χ1v) is 13.5. The third-order valence-electron chi connectivity index (χ3n) is 7.35. The van der Waals surface area contributed by atoms with Crippen LogP contribution in [0.1, 0.15) is 32.1 Å². The van der Waals surface area contributed by atoms with Gasteiger partial charge < -0.3 is 25.8 Å². The fourth-order valence-corrected chi connectivity index (χ4v) is 5.32. The van der Waals surface area contributed by atoms with Gasteiger partial charge in [0, 0.05) is 75.4 Å². The molecule has 11 nitrogen and oxygen atoms in total. The average molecular weight is 556 g/mol. The van der Waals surface area contributed by atoms with E-state index in [9.17, 15) is 19.2 Å². The van der Waals surface area contributed by atoms with Crippen molar-refractivity contribution in [1.29, 1.82) is 0 Å². The van der Waals surface area contributed by atoms with E-state index in [0.717, 1.165) is 18.8 Å². The Bertz CT molecular complexity index is 1170. The molecule has 12 heteroatoms. The number of nitrogens with one attached hydrogen (secondary N) is 3. The van der Waals surface area contributed by atoms with Crippen LogP contribution in [-0.4, -0.2) is 77.8 Å². The van der Waals surface area contributed by atoms with Gasteiger partial charge >= 0.3 is 11.8 Å². The predicted octanol–water partition coefficient (Wildman–Crippen LogP) is 1.84. The molecule has 0 aromatic carbocycles. The van der Waals surface area contributed by atoms with Crippen LogP contribution in [0.4, 0.5) is 11.5 Å². The number of halogens is 1. The molecule has 4 rings (SSSR count). The summed E-state index contributed by atoms with van der Waals surface area (Å²) in [4.78, 5) is 63.1. The van der Waals surface area contributed by atoms with Gasteiger partial charge in [0.1, 0.15) is 5.82 Å². The molecule has 1 aliphatic heterocycles. The first-order chi connectivity index (χ1) is 18.7. The Morgan fingerprint density at radius 1 is 0.897 bits per heavy atom. The van der Waals surface area contributed by atoms with Crippen molar-refractivity contribution in [3.05, 3.63) is 47.9 Å². The molecule has 3 atom stereocenters. The quantitative estimate of drug-likeness (QED) is 0.463. The van der Waals surface area contributed by atoms with E-state index in [1.54, 1.807) is 37.5 Å². The van der Waals surface area contributed by atoms with Gasteiger partial charge in [0.2, 0.25) is 11.8 Å². The van der Waals surface area contributed by atoms with Gasteiger partial charge in [-0.2, -0.15) is 0 Å². The molecule has 1 saturated carbocycles. The van der Waals surface area contributed by atoms with Gasteiger partial charge in [0.25, 0.3) is 0 Å². The Balaban J connectivity index is 1.38. The Morgan fingerprint density at radius 2 is 1.62 bits per heavy atom. The maximum Gasteiger partial charge on any atom is 0.314 e. The fraction of sp³-hybridized carbons (Fsp3) is 0.481. The minimum atomic E-state index is -0.870. The molecule has 1 saturated heterocycles. The van der Waals surface area contributed by atoms with Crippen molar-refractivity contribution in [2.75, 3.05) is 37.4 Å². The van der Waals surface area contributed by atoms with Crippen molar-refractivity contribution in [1.82, 2.24) is 25.5 Å². The standard InChI is InChI=1S/C27H34ClN7O4/c1-34(2)27(39)18-3-5-21(31-25(37)26(38)33-23-6-4-19(28)16-30-23)22(15-18)32-24(36)17-9-13-35(14-10-17)20-7-11-29-12-8-20/h4,6-8,11-12,16-18,21-22H,3,5,9-10,13-15H2,1-2H3,(H,31,37)(H,32,36)(H,30,33,38)/t18-,21-,22+/m0/s1. The molecule has 2 aromatic heterocycles. The number of hydrogen-bond acceptors (Lipinski definition) is 7. The second-order valence-electron chi connectivity index (χ2n) is 10.2. The lowest BCUT2D eigenvalue weighted by Gasteiger charge is -2.38. The van der Waals surface area contributed by atoms with Gasteiger partial charge in [-0.25, -0.2) is 4.98 Å². The van der Waals surface area contributed by atoms with Gasteiger partial charge in [0.15, 0.2) is 0 Å². The van der Waals surface area contributed by atoms with E-state index in [0.29, 0.717) is 37.1 Å². The first-order valence-electron chi connectivity index (χ1n) is 13.1. The zero-order chi connectivity index (χ0) is 27.9.